The van der Waals surface area contributed by atoms with Gasteiger partial charge in [-0.2, -0.15) is 0 Å². The summed E-state index contributed by atoms with van der Waals surface area (Å²) in [7, 11) is 4.91. The number of carbonyl (C=O) groups excluding carboxylic acids is 3. The summed E-state index contributed by atoms with van der Waals surface area (Å²) in [5, 5.41) is 45.0. The normalized spacial score (nSPS) is 40.8. The highest BCUT2D eigenvalue weighted by atomic mass is 16.7. The number of ether oxygens (including phenoxy) is 8. The van der Waals surface area contributed by atoms with E-state index in [2.05, 4.69) is 0 Å². The van der Waals surface area contributed by atoms with Crippen LogP contribution in [0.25, 0.3) is 0 Å². The molecule has 3 aliphatic rings. The third-order valence-corrected chi connectivity index (χ3v) is 11.0. The van der Waals surface area contributed by atoms with Crippen molar-refractivity contribution >= 4 is 17.9 Å². The molecule has 3 heterocycles. The lowest BCUT2D eigenvalue weighted by molar-refractivity contribution is -0.344. The van der Waals surface area contributed by atoms with Gasteiger partial charge in [0.1, 0.15) is 36.1 Å². The summed E-state index contributed by atoms with van der Waals surface area (Å²) in [5.41, 5.74) is -1.49. The zero-order valence-electron chi connectivity index (χ0n) is 36.2. The Balaban J connectivity index is 1.97. The number of rotatable bonds is 12. The molecule has 3 rings (SSSR count). The minimum absolute atomic E-state index is 0.0367. The molecular weight excluding hydrogens is 758 g/mol. The predicted molar refractivity (Wildman–Crippen MR) is 211 cm³/mol. The summed E-state index contributed by atoms with van der Waals surface area (Å²) in [4.78, 5) is 40.0. The number of nitrogens with zero attached hydrogens (tertiary/aromatic N) is 1. The molecule has 0 radical (unpaired) electrons. The molecular formula is C42H71NO15. The summed E-state index contributed by atoms with van der Waals surface area (Å²) in [6.45, 7) is 13.3. The molecule has 0 aromatic heterocycles. The van der Waals surface area contributed by atoms with E-state index in [0.29, 0.717) is 12.8 Å². The largest absolute Gasteiger partial charge is 0.462 e. The number of methoxy groups -OCH3 is 1. The Labute approximate surface area is 344 Å². The van der Waals surface area contributed by atoms with Crippen LogP contribution in [0, 0.1) is 17.8 Å². The molecule has 16 nitrogen and oxygen atoms in total. The third-order valence-electron chi connectivity index (χ3n) is 11.0. The van der Waals surface area contributed by atoms with Crippen LogP contribution >= 0.6 is 0 Å². The number of cyclic esters (lactones) is 1. The van der Waals surface area contributed by atoms with Crippen molar-refractivity contribution in [2.45, 2.75) is 179 Å². The Morgan fingerprint density at radius 3 is 2.28 bits per heavy atom. The molecule has 3 aliphatic heterocycles. The van der Waals surface area contributed by atoms with Crippen LogP contribution in [-0.4, -0.2) is 156 Å². The summed E-state index contributed by atoms with van der Waals surface area (Å²) in [6, 6.07) is -0.762. The second kappa shape index (κ2) is 22.9. The van der Waals surface area contributed by atoms with Crippen LogP contribution in [-0.2, 0) is 52.3 Å². The molecule has 2 saturated heterocycles. The van der Waals surface area contributed by atoms with Gasteiger partial charge in [0.05, 0.1) is 36.9 Å². The Kier molecular flexibility index (Phi) is 19.7. The number of esters is 3. The van der Waals surface area contributed by atoms with Crippen LogP contribution in [0.1, 0.15) is 93.9 Å². The highest BCUT2D eigenvalue weighted by Crippen LogP contribution is 2.38. The van der Waals surface area contributed by atoms with Crippen molar-refractivity contribution in [2.75, 3.05) is 27.8 Å². The molecule has 0 aromatic carbocycles. The number of likely N-dealkylation sites (N-methyl/N-ethyl adjacent to an activating group) is 1. The topological polar surface area (TPSA) is 209 Å². The van der Waals surface area contributed by atoms with Crippen LogP contribution in [0.3, 0.4) is 0 Å². The highest BCUT2D eigenvalue weighted by molar-refractivity contribution is 5.72. The number of aliphatic hydroxyl groups is 4. The van der Waals surface area contributed by atoms with Crippen molar-refractivity contribution in [1.29, 1.82) is 0 Å². The summed E-state index contributed by atoms with van der Waals surface area (Å²) >= 11 is 0. The first-order chi connectivity index (χ1) is 27.2. The maximum absolute atomic E-state index is 13.3. The number of carbonyl (C=O) groups is 3. The van der Waals surface area contributed by atoms with Gasteiger partial charge in [0, 0.05) is 39.9 Å². The lowest BCUT2D eigenvalue weighted by Gasteiger charge is -2.50. The van der Waals surface area contributed by atoms with Crippen LogP contribution in [0.5, 0.6) is 0 Å². The van der Waals surface area contributed by atoms with Gasteiger partial charge in [-0.25, -0.2) is 0 Å². The molecule has 0 bridgehead atoms. The van der Waals surface area contributed by atoms with E-state index in [9.17, 15) is 34.8 Å². The van der Waals surface area contributed by atoms with Crippen molar-refractivity contribution in [3.63, 3.8) is 0 Å². The van der Waals surface area contributed by atoms with E-state index in [1.54, 1.807) is 64.9 Å². The fourth-order valence-electron chi connectivity index (χ4n) is 8.17. The van der Waals surface area contributed by atoms with Crippen molar-refractivity contribution in [2.24, 2.45) is 17.8 Å². The minimum atomic E-state index is -1.49. The van der Waals surface area contributed by atoms with Crippen LogP contribution < -0.4 is 0 Å². The average molecular weight is 830 g/mol. The van der Waals surface area contributed by atoms with Gasteiger partial charge >= 0.3 is 17.9 Å². The van der Waals surface area contributed by atoms with Gasteiger partial charge in [0.25, 0.3) is 0 Å². The molecule has 2 fully saturated rings. The second-order valence-electron chi connectivity index (χ2n) is 17.1. The first-order valence-corrected chi connectivity index (χ1v) is 20.6. The molecule has 0 amide bonds. The lowest BCUT2D eigenvalue weighted by atomic mass is 9.82. The number of aliphatic hydroxyl groups excluding tert-OH is 3. The van der Waals surface area contributed by atoms with E-state index < -0.39 is 109 Å². The quantitative estimate of drug-likeness (QED) is 0.165. The van der Waals surface area contributed by atoms with Crippen molar-refractivity contribution in [1.82, 2.24) is 4.90 Å². The van der Waals surface area contributed by atoms with Gasteiger partial charge in [-0.15, -0.1) is 0 Å². The van der Waals surface area contributed by atoms with Gasteiger partial charge in [-0.3, -0.25) is 14.4 Å². The van der Waals surface area contributed by atoms with Gasteiger partial charge < -0.3 is 63.2 Å². The summed E-state index contributed by atoms with van der Waals surface area (Å²) < 4.78 is 48.7. The maximum Gasteiger partial charge on any atom is 0.309 e. The lowest BCUT2D eigenvalue weighted by Crippen LogP contribution is -2.66. The summed E-state index contributed by atoms with van der Waals surface area (Å²) in [5.74, 6) is -2.60. The van der Waals surface area contributed by atoms with E-state index in [1.807, 2.05) is 26.8 Å². The van der Waals surface area contributed by atoms with Gasteiger partial charge in [0.2, 0.25) is 0 Å². The molecule has 0 aromatic rings. The van der Waals surface area contributed by atoms with Crippen molar-refractivity contribution in [3.8, 4) is 0 Å². The fourth-order valence-corrected chi connectivity index (χ4v) is 8.17. The Morgan fingerprint density at radius 1 is 1.00 bits per heavy atom. The Morgan fingerprint density at radius 2 is 1.69 bits per heavy atom. The molecule has 58 heavy (non-hydrogen) atoms. The van der Waals surface area contributed by atoms with E-state index in [-0.39, 0.29) is 44.1 Å². The predicted octanol–water partition coefficient (Wildman–Crippen LogP) is 2.81. The zero-order chi connectivity index (χ0) is 43.5. The van der Waals surface area contributed by atoms with E-state index >= 15 is 0 Å². The molecule has 16 atom stereocenters. The Bertz CT molecular complexity index is 1360. The van der Waals surface area contributed by atoms with E-state index in [4.69, 9.17) is 37.9 Å². The molecule has 334 valence electrons. The number of allylic oxidation sites excluding steroid dienone is 2. The van der Waals surface area contributed by atoms with Gasteiger partial charge in [-0.1, -0.05) is 45.1 Å². The summed E-state index contributed by atoms with van der Waals surface area (Å²) in [6.07, 6.45) is -4.06. The smallest absolute Gasteiger partial charge is 0.309 e. The van der Waals surface area contributed by atoms with Crippen molar-refractivity contribution in [3.05, 3.63) is 24.3 Å². The van der Waals surface area contributed by atoms with Crippen molar-refractivity contribution < 1.29 is 72.7 Å². The SMILES string of the molecule is CO[C@@H]1[C@@H](O[C@@H]2O[C@H](C)[C@@H](O[C@H]3C[C@@](C)(O)[C@@H](OC(=O)CC(C)C)[C@H](C)O3)[C@H](N(C)C)[C@H]2O)[C@@H](CCO)C[C@@H](C)[C@@H](O)/C=C/C=C/C[C@@H](C)OC(=O)C[C@H]1OC(C)=O. The maximum atomic E-state index is 13.3. The highest BCUT2D eigenvalue weighted by Gasteiger charge is 2.53. The monoisotopic (exact) mass is 829 g/mol. The molecule has 0 saturated carbocycles. The first kappa shape index (κ1) is 49.8. The zero-order valence-corrected chi connectivity index (χ0v) is 36.2. The minimum Gasteiger partial charge on any atom is -0.462 e. The van der Waals surface area contributed by atoms with Gasteiger partial charge in [-0.05, 0) is 72.4 Å². The first-order valence-electron chi connectivity index (χ1n) is 20.6. The van der Waals surface area contributed by atoms with Crippen LogP contribution in [0.2, 0.25) is 0 Å². The average Bonchev–Trinajstić information content (AvgIpc) is 3.09. The molecule has 0 spiro atoms. The van der Waals surface area contributed by atoms with Crippen LogP contribution in [0.4, 0.5) is 0 Å². The molecule has 0 unspecified atom stereocenters. The molecule has 0 aliphatic carbocycles. The molecule has 4 N–H and O–H groups in total. The number of hydrogen-bond acceptors (Lipinski definition) is 16. The van der Waals surface area contributed by atoms with E-state index in [1.165, 1.54) is 14.0 Å². The Hall–Kier alpha value is -2.51. The second-order valence-corrected chi connectivity index (χ2v) is 17.1. The van der Waals surface area contributed by atoms with Crippen LogP contribution in [0.15, 0.2) is 24.3 Å². The van der Waals surface area contributed by atoms with E-state index in [0.717, 1.165) is 0 Å². The fraction of sp³-hybridized carbons (Fsp3) is 0.833. The number of hydrogen-bond donors (Lipinski definition) is 4. The van der Waals surface area contributed by atoms with Gasteiger partial charge in [0.15, 0.2) is 18.7 Å². The molecule has 16 heteroatoms. The third kappa shape index (κ3) is 14.3. The standard InChI is InChI=1S/C42H71NO15/c1-23(2)19-32(47)56-40-27(6)53-34(22-42(40,8)50)57-37-26(5)54-41(36(49)35(37)43(9)10)58-38-29(17-18-44)20-24(3)30(46)16-14-12-13-15-25(4)52-33(48)21-31(39(38)51-11)55-28(7)45/h12-14,16,23-27,29-31,34-41,44,46,49-50H,15,17-22H2,1-11H3/b13-12+,16-14+/t24-,25-,26-,27+,29+,30+,31-,34+,35-,36-,37-,38+,39+,40+,41+,42-/m1/s1.